The smallest absolute Gasteiger partial charge is 0.253 e. The first-order chi connectivity index (χ1) is 15.4. The Morgan fingerprint density at radius 1 is 1.00 bits per heavy atom. The minimum Gasteiger partial charge on any atom is -0.339 e. The summed E-state index contributed by atoms with van der Waals surface area (Å²) in [6.07, 6.45) is 1.22. The Morgan fingerprint density at radius 2 is 1.62 bits per heavy atom. The Kier molecular flexibility index (Phi) is 7.67. The van der Waals surface area contributed by atoms with Crippen LogP contribution in [0.15, 0.2) is 48.5 Å². The second-order valence-electron chi connectivity index (χ2n) is 8.31. The van der Waals surface area contributed by atoms with Crippen molar-refractivity contribution in [1.29, 1.82) is 0 Å². The van der Waals surface area contributed by atoms with Crippen molar-refractivity contribution in [3.05, 3.63) is 65.2 Å². The summed E-state index contributed by atoms with van der Waals surface area (Å²) >= 11 is 0. The van der Waals surface area contributed by atoms with Crippen LogP contribution in [0.2, 0.25) is 0 Å². The second kappa shape index (κ2) is 10.4. The Morgan fingerprint density at radius 3 is 2.22 bits per heavy atom. The summed E-state index contributed by atoms with van der Waals surface area (Å²) in [7, 11) is 0. The van der Waals surface area contributed by atoms with E-state index < -0.39 is 6.04 Å². The molecule has 1 aliphatic rings. The van der Waals surface area contributed by atoms with Gasteiger partial charge in [-0.25, -0.2) is 0 Å². The average Bonchev–Trinajstić information content (AvgIpc) is 2.83. The first kappa shape index (κ1) is 23.5. The van der Waals surface area contributed by atoms with E-state index in [1.807, 2.05) is 52.0 Å². The minimum atomic E-state index is -0.566. The normalized spacial score (nSPS) is 16.1. The van der Waals surface area contributed by atoms with Crippen LogP contribution < -0.4 is 5.32 Å². The van der Waals surface area contributed by atoms with E-state index in [-0.39, 0.29) is 23.6 Å². The molecule has 0 saturated heterocycles. The van der Waals surface area contributed by atoms with Crippen molar-refractivity contribution in [1.82, 2.24) is 9.80 Å². The molecule has 0 radical (unpaired) electrons. The molecule has 0 saturated carbocycles. The first-order valence-corrected chi connectivity index (χ1v) is 11.5. The molecule has 2 aromatic carbocycles. The number of nitrogens with one attached hydrogen (secondary N) is 1. The molecule has 0 spiro atoms. The van der Waals surface area contributed by atoms with Crippen LogP contribution in [0.4, 0.5) is 5.69 Å². The van der Waals surface area contributed by atoms with Gasteiger partial charge in [-0.05, 0) is 55.7 Å². The van der Waals surface area contributed by atoms with Crippen LogP contribution in [0.5, 0.6) is 0 Å². The lowest BCUT2D eigenvalue weighted by Gasteiger charge is -2.37. The molecule has 32 heavy (non-hydrogen) atoms. The van der Waals surface area contributed by atoms with E-state index in [0.29, 0.717) is 37.3 Å². The van der Waals surface area contributed by atoms with Crippen LogP contribution in [0.25, 0.3) is 0 Å². The summed E-state index contributed by atoms with van der Waals surface area (Å²) in [5.41, 5.74) is 3.39. The summed E-state index contributed by atoms with van der Waals surface area (Å²) < 4.78 is 0. The van der Waals surface area contributed by atoms with Gasteiger partial charge in [0.25, 0.3) is 5.91 Å². The van der Waals surface area contributed by atoms with E-state index in [1.165, 1.54) is 0 Å². The third-order valence-electron chi connectivity index (χ3n) is 6.32. The van der Waals surface area contributed by atoms with Gasteiger partial charge >= 0.3 is 0 Å². The Balaban J connectivity index is 1.78. The maximum Gasteiger partial charge on any atom is 0.253 e. The molecule has 2 atom stereocenters. The van der Waals surface area contributed by atoms with Crippen LogP contribution in [0.1, 0.15) is 55.6 Å². The Hall–Kier alpha value is -3.15. The van der Waals surface area contributed by atoms with Crippen LogP contribution >= 0.6 is 0 Å². The highest BCUT2D eigenvalue weighted by atomic mass is 16.2. The maximum atomic E-state index is 13.2. The molecular formula is C26H33N3O3. The van der Waals surface area contributed by atoms with Crippen LogP contribution in [0, 0.1) is 5.92 Å². The van der Waals surface area contributed by atoms with Gasteiger partial charge in [-0.1, -0.05) is 38.1 Å². The van der Waals surface area contributed by atoms with Gasteiger partial charge in [-0.3, -0.25) is 14.4 Å². The van der Waals surface area contributed by atoms with Gasteiger partial charge in [0, 0.05) is 43.2 Å². The number of benzene rings is 2. The number of carbonyl (C=O) groups is 3. The molecular weight excluding hydrogens is 402 g/mol. The lowest BCUT2D eigenvalue weighted by Crippen LogP contribution is -2.52. The summed E-state index contributed by atoms with van der Waals surface area (Å²) in [5, 5.41) is 2.95. The molecule has 6 nitrogen and oxygen atoms in total. The highest BCUT2D eigenvalue weighted by Gasteiger charge is 2.35. The summed E-state index contributed by atoms with van der Waals surface area (Å²) in [4.78, 5) is 42.3. The van der Waals surface area contributed by atoms with Crippen LogP contribution in [-0.4, -0.2) is 46.7 Å². The summed E-state index contributed by atoms with van der Waals surface area (Å²) in [6, 6.07) is 14.3. The van der Waals surface area contributed by atoms with Crippen molar-refractivity contribution in [3.8, 4) is 0 Å². The van der Waals surface area contributed by atoms with E-state index in [9.17, 15) is 14.4 Å². The number of hydrogen-bond donors (Lipinski definition) is 1. The molecule has 0 bridgehead atoms. The van der Waals surface area contributed by atoms with E-state index in [1.54, 1.807) is 34.1 Å². The number of fused-ring (bicyclic) bond motifs is 1. The fourth-order valence-corrected chi connectivity index (χ4v) is 4.06. The monoisotopic (exact) mass is 435 g/mol. The minimum absolute atomic E-state index is 0.00215. The average molecular weight is 436 g/mol. The third-order valence-corrected chi connectivity index (χ3v) is 6.32. The topological polar surface area (TPSA) is 69.7 Å². The number of nitrogens with zero attached hydrogens (tertiary/aromatic N) is 2. The molecule has 170 valence electrons. The molecule has 3 amide bonds. The van der Waals surface area contributed by atoms with Crippen molar-refractivity contribution in [2.45, 2.75) is 53.1 Å². The van der Waals surface area contributed by atoms with Gasteiger partial charge in [0.1, 0.15) is 6.04 Å². The van der Waals surface area contributed by atoms with Crippen LogP contribution in [0.3, 0.4) is 0 Å². The number of amides is 3. The lowest BCUT2D eigenvalue weighted by molar-refractivity contribution is -0.143. The van der Waals surface area contributed by atoms with Gasteiger partial charge < -0.3 is 15.1 Å². The molecule has 6 heteroatoms. The lowest BCUT2D eigenvalue weighted by atomic mass is 9.92. The number of rotatable bonds is 7. The van der Waals surface area contributed by atoms with Gasteiger partial charge in [0.2, 0.25) is 11.8 Å². The molecule has 1 N–H and O–H groups in total. The zero-order chi connectivity index (χ0) is 23.3. The number of anilines is 1. The molecule has 2 unspecified atom stereocenters. The van der Waals surface area contributed by atoms with Crippen LogP contribution in [-0.2, 0) is 22.6 Å². The van der Waals surface area contributed by atoms with Gasteiger partial charge in [-0.15, -0.1) is 0 Å². The standard InChI is InChI=1S/C26H33N3O3/c1-5-18(4)25(31)29-17-21-11-9-8-10-20(21)16-23(29)24(30)27-22-14-12-19(13-15-22)26(32)28(6-2)7-3/h8-15,18,23H,5-7,16-17H2,1-4H3,(H,27,30). The molecule has 1 aliphatic heterocycles. The molecule has 1 heterocycles. The Bertz CT molecular complexity index is 967. The fourth-order valence-electron chi connectivity index (χ4n) is 4.06. The van der Waals surface area contributed by atoms with Gasteiger partial charge in [0.05, 0.1) is 0 Å². The van der Waals surface area contributed by atoms with Crippen molar-refractivity contribution >= 4 is 23.4 Å². The molecule has 0 aromatic heterocycles. The fraction of sp³-hybridized carbons (Fsp3) is 0.423. The Labute approximate surface area is 190 Å². The maximum absolute atomic E-state index is 13.2. The quantitative estimate of drug-likeness (QED) is 0.712. The van der Waals surface area contributed by atoms with Crippen molar-refractivity contribution in [3.63, 3.8) is 0 Å². The predicted molar refractivity (Wildman–Crippen MR) is 126 cm³/mol. The number of hydrogen-bond acceptors (Lipinski definition) is 3. The predicted octanol–water partition coefficient (Wildman–Crippen LogP) is 4.11. The zero-order valence-electron chi connectivity index (χ0n) is 19.4. The summed E-state index contributed by atoms with van der Waals surface area (Å²) in [5.74, 6) is -0.371. The molecule has 2 aromatic rings. The van der Waals surface area contributed by atoms with E-state index in [4.69, 9.17) is 0 Å². The highest BCUT2D eigenvalue weighted by molar-refractivity contribution is 5.99. The number of carbonyl (C=O) groups excluding carboxylic acids is 3. The van der Waals surface area contributed by atoms with Gasteiger partial charge in [-0.2, -0.15) is 0 Å². The van der Waals surface area contributed by atoms with Crippen molar-refractivity contribution < 1.29 is 14.4 Å². The SMILES string of the molecule is CCC(C)C(=O)N1Cc2ccccc2CC1C(=O)Nc1ccc(C(=O)N(CC)CC)cc1. The van der Waals surface area contributed by atoms with Crippen molar-refractivity contribution in [2.75, 3.05) is 18.4 Å². The van der Waals surface area contributed by atoms with Gasteiger partial charge in [0.15, 0.2) is 0 Å². The van der Waals surface area contributed by atoms with E-state index in [0.717, 1.165) is 17.5 Å². The zero-order valence-corrected chi connectivity index (χ0v) is 19.4. The second-order valence-corrected chi connectivity index (χ2v) is 8.31. The van der Waals surface area contributed by atoms with Crippen molar-refractivity contribution in [2.24, 2.45) is 5.92 Å². The van der Waals surface area contributed by atoms with E-state index >= 15 is 0 Å². The largest absolute Gasteiger partial charge is 0.339 e. The first-order valence-electron chi connectivity index (χ1n) is 11.5. The molecule has 0 fully saturated rings. The highest BCUT2D eigenvalue weighted by Crippen LogP contribution is 2.26. The molecule has 0 aliphatic carbocycles. The van der Waals surface area contributed by atoms with E-state index in [2.05, 4.69) is 5.32 Å². The summed E-state index contributed by atoms with van der Waals surface area (Å²) in [6.45, 7) is 9.53. The molecule has 3 rings (SSSR count). The third kappa shape index (κ3) is 5.01.